The largest absolute Gasteiger partial charge is 0.545 e. The fourth-order valence-electron chi connectivity index (χ4n) is 1.61. The Morgan fingerprint density at radius 1 is 1.12 bits per heavy atom. The van der Waals surface area contributed by atoms with Crippen LogP contribution in [0.3, 0.4) is 0 Å². The summed E-state index contributed by atoms with van der Waals surface area (Å²) in [6, 6.07) is 10.8. The number of carboxylic acid groups (broad SMARTS) is 1. The van der Waals surface area contributed by atoms with E-state index in [2.05, 4.69) is 0 Å². The highest BCUT2D eigenvalue weighted by Crippen LogP contribution is 2.24. The maximum atomic E-state index is 13.6. The first kappa shape index (κ1) is 11.3. The van der Waals surface area contributed by atoms with Gasteiger partial charge in [-0.25, -0.2) is 4.39 Å². The van der Waals surface area contributed by atoms with Crippen molar-refractivity contribution < 1.29 is 14.3 Å². The van der Waals surface area contributed by atoms with E-state index in [9.17, 15) is 14.3 Å². The predicted molar refractivity (Wildman–Crippen MR) is 60.9 cm³/mol. The summed E-state index contributed by atoms with van der Waals surface area (Å²) in [5.41, 5.74) is 1.95. The van der Waals surface area contributed by atoms with Gasteiger partial charge in [0.2, 0.25) is 0 Å². The Kier molecular flexibility index (Phi) is 2.91. The normalized spacial score (nSPS) is 10.2. The van der Waals surface area contributed by atoms with Crippen molar-refractivity contribution in [3.05, 3.63) is 59.4 Å². The molecule has 0 saturated heterocycles. The second-order valence-electron chi connectivity index (χ2n) is 3.85. The van der Waals surface area contributed by atoms with Gasteiger partial charge < -0.3 is 9.90 Å². The molecule has 0 spiro atoms. The Morgan fingerprint density at radius 3 is 2.35 bits per heavy atom. The number of carbonyl (C=O) groups is 1. The van der Waals surface area contributed by atoms with Crippen LogP contribution >= 0.6 is 0 Å². The van der Waals surface area contributed by atoms with Crippen molar-refractivity contribution in [2.24, 2.45) is 0 Å². The first-order valence-electron chi connectivity index (χ1n) is 5.16. The van der Waals surface area contributed by atoms with Gasteiger partial charge in [0, 0.05) is 5.56 Å². The molecule has 2 aromatic rings. The molecule has 0 atom stereocenters. The Labute approximate surface area is 98.3 Å². The minimum absolute atomic E-state index is 0.0259. The zero-order valence-electron chi connectivity index (χ0n) is 9.24. The number of aromatic carboxylic acids is 1. The summed E-state index contributed by atoms with van der Waals surface area (Å²) >= 11 is 0. The zero-order chi connectivity index (χ0) is 12.4. The van der Waals surface area contributed by atoms with Crippen LogP contribution in [0.15, 0.2) is 42.5 Å². The molecule has 2 rings (SSSR count). The van der Waals surface area contributed by atoms with Gasteiger partial charge in [0.25, 0.3) is 0 Å². The molecule has 0 aromatic heterocycles. The maximum absolute atomic E-state index is 13.6. The summed E-state index contributed by atoms with van der Waals surface area (Å²) in [4.78, 5) is 10.7. The molecule has 0 radical (unpaired) electrons. The first-order chi connectivity index (χ1) is 8.08. The lowest BCUT2D eigenvalue weighted by molar-refractivity contribution is -0.255. The molecular formula is C14H10FO2-. The zero-order valence-corrected chi connectivity index (χ0v) is 9.24. The van der Waals surface area contributed by atoms with E-state index in [0.29, 0.717) is 5.56 Å². The van der Waals surface area contributed by atoms with E-state index < -0.39 is 11.8 Å². The lowest BCUT2D eigenvalue weighted by Crippen LogP contribution is -2.22. The number of rotatable bonds is 2. The van der Waals surface area contributed by atoms with Crippen molar-refractivity contribution >= 4 is 5.97 Å². The number of benzene rings is 2. The van der Waals surface area contributed by atoms with E-state index in [1.54, 1.807) is 12.1 Å². The Hall–Kier alpha value is -2.16. The Balaban J connectivity index is 2.54. The molecule has 0 amide bonds. The number of hydrogen-bond donors (Lipinski definition) is 0. The molecule has 2 nitrogen and oxygen atoms in total. The second-order valence-corrected chi connectivity index (χ2v) is 3.85. The minimum Gasteiger partial charge on any atom is -0.545 e. The first-order valence-corrected chi connectivity index (χ1v) is 5.16. The summed E-state index contributed by atoms with van der Waals surface area (Å²) < 4.78 is 13.6. The third-order valence-corrected chi connectivity index (χ3v) is 2.56. The third-order valence-electron chi connectivity index (χ3n) is 2.56. The van der Waals surface area contributed by atoms with Crippen molar-refractivity contribution in [1.82, 2.24) is 0 Å². The summed E-state index contributed by atoms with van der Waals surface area (Å²) in [5.74, 6) is -1.75. The Morgan fingerprint density at radius 2 is 1.76 bits per heavy atom. The van der Waals surface area contributed by atoms with E-state index in [-0.39, 0.29) is 11.1 Å². The van der Waals surface area contributed by atoms with Gasteiger partial charge >= 0.3 is 0 Å². The van der Waals surface area contributed by atoms with Gasteiger partial charge in [0.1, 0.15) is 5.82 Å². The van der Waals surface area contributed by atoms with E-state index >= 15 is 0 Å². The monoisotopic (exact) mass is 229 g/mol. The van der Waals surface area contributed by atoms with Gasteiger partial charge in [-0.1, -0.05) is 35.9 Å². The summed E-state index contributed by atoms with van der Waals surface area (Å²) in [6.07, 6.45) is 0. The summed E-state index contributed by atoms with van der Waals surface area (Å²) in [6.45, 7) is 1.93. The van der Waals surface area contributed by atoms with Gasteiger partial charge in [-0.3, -0.25) is 0 Å². The third kappa shape index (κ3) is 2.33. The summed E-state index contributed by atoms with van der Waals surface area (Å²) in [5, 5.41) is 10.7. The van der Waals surface area contributed by atoms with Crippen LogP contribution in [0, 0.1) is 12.7 Å². The number of carbonyl (C=O) groups excluding carboxylic acids is 1. The molecule has 0 N–H and O–H groups in total. The van der Waals surface area contributed by atoms with Crippen LogP contribution in [0.2, 0.25) is 0 Å². The van der Waals surface area contributed by atoms with Gasteiger partial charge in [-0.15, -0.1) is 0 Å². The number of aryl methyl sites for hydroxylation is 1. The SMILES string of the molecule is Cc1ccc(-c2cc(C(=O)[O-])ccc2F)cc1. The molecule has 2 aromatic carbocycles. The lowest BCUT2D eigenvalue weighted by Gasteiger charge is -2.08. The average molecular weight is 229 g/mol. The maximum Gasteiger partial charge on any atom is 0.131 e. The standard InChI is InChI=1S/C14H11FO2/c1-9-2-4-10(5-3-9)12-8-11(14(16)17)6-7-13(12)15/h2-8H,1H3,(H,16,17)/p-1. The van der Waals surface area contributed by atoms with Crippen LogP contribution in [0.1, 0.15) is 15.9 Å². The number of carboxylic acids is 1. The molecule has 0 heterocycles. The summed E-state index contributed by atoms with van der Waals surface area (Å²) in [7, 11) is 0. The van der Waals surface area contributed by atoms with Crippen LogP contribution in [0.4, 0.5) is 4.39 Å². The predicted octanol–water partition coefficient (Wildman–Crippen LogP) is 2.16. The molecule has 0 unspecified atom stereocenters. The number of halogens is 1. The highest BCUT2D eigenvalue weighted by molar-refractivity contribution is 5.87. The van der Waals surface area contributed by atoms with Crippen LogP contribution < -0.4 is 5.11 Å². The van der Waals surface area contributed by atoms with E-state index in [4.69, 9.17) is 0 Å². The van der Waals surface area contributed by atoms with Crippen LogP contribution in [-0.2, 0) is 0 Å². The van der Waals surface area contributed by atoms with Crippen molar-refractivity contribution in [3.8, 4) is 11.1 Å². The van der Waals surface area contributed by atoms with Gasteiger partial charge in [0.15, 0.2) is 0 Å². The highest BCUT2D eigenvalue weighted by atomic mass is 19.1. The fourth-order valence-corrected chi connectivity index (χ4v) is 1.61. The van der Waals surface area contributed by atoms with Gasteiger partial charge in [0.05, 0.1) is 5.97 Å². The smallest absolute Gasteiger partial charge is 0.131 e. The molecule has 3 heteroatoms. The van der Waals surface area contributed by atoms with Crippen LogP contribution in [-0.4, -0.2) is 5.97 Å². The quantitative estimate of drug-likeness (QED) is 0.791. The molecule has 0 aliphatic heterocycles. The highest BCUT2D eigenvalue weighted by Gasteiger charge is 2.06. The molecule has 0 aliphatic carbocycles. The molecular weight excluding hydrogens is 219 g/mol. The van der Waals surface area contributed by atoms with E-state index in [1.807, 2.05) is 19.1 Å². The topological polar surface area (TPSA) is 40.1 Å². The molecule has 17 heavy (non-hydrogen) atoms. The van der Waals surface area contributed by atoms with E-state index in [0.717, 1.165) is 11.6 Å². The fraction of sp³-hybridized carbons (Fsp3) is 0.0714. The van der Waals surface area contributed by atoms with Crippen molar-refractivity contribution in [2.45, 2.75) is 6.92 Å². The van der Waals surface area contributed by atoms with Gasteiger partial charge in [-0.05, 0) is 30.2 Å². The van der Waals surface area contributed by atoms with Crippen LogP contribution in [0.5, 0.6) is 0 Å². The average Bonchev–Trinajstić information content (AvgIpc) is 2.31. The second kappa shape index (κ2) is 4.37. The van der Waals surface area contributed by atoms with Crippen molar-refractivity contribution in [2.75, 3.05) is 0 Å². The van der Waals surface area contributed by atoms with Gasteiger partial charge in [-0.2, -0.15) is 0 Å². The Bertz CT molecular complexity index is 559. The molecule has 0 saturated carbocycles. The van der Waals surface area contributed by atoms with Crippen molar-refractivity contribution in [3.63, 3.8) is 0 Å². The lowest BCUT2D eigenvalue weighted by atomic mass is 10.0. The van der Waals surface area contributed by atoms with E-state index in [1.165, 1.54) is 12.1 Å². The molecule has 0 aliphatic rings. The van der Waals surface area contributed by atoms with Crippen molar-refractivity contribution in [1.29, 1.82) is 0 Å². The van der Waals surface area contributed by atoms with Crippen LogP contribution in [0.25, 0.3) is 11.1 Å². The molecule has 0 fully saturated rings. The minimum atomic E-state index is -1.31. The molecule has 0 bridgehead atoms. The molecule has 86 valence electrons. The number of hydrogen-bond acceptors (Lipinski definition) is 2.